The van der Waals surface area contributed by atoms with E-state index < -0.39 is 12.3 Å². The summed E-state index contributed by atoms with van der Waals surface area (Å²) in [6, 6.07) is 13.6. The van der Waals surface area contributed by atoms with Crippen LogP contribution < -0.4 is 9.47 Å². The van der Waals surface area contributed by atoms with Crippen LogP contribution >= 0.6 is 0 Å². The SMILES string of the molecule is CCCCC(CC)Cc1cccc2c1Cc1ccccc1OC(C(=O)O)O2. The summed E-state index contributed by atoms with van der Waals surface area (Å²) < 4.78 is 11.4. The number of rotatable bonds is 7. The van der Waals surface area contributed by atoms with E-state index in [0.717, 1.165) is 24.0 Å². The van der Waals surface area contributed by atoms with E-state index in [1.165, 1.54) is 24.8 Å². The third kappa shape index (κ3) is 4.62. The molecule has 2 atom stereocenters. The highest BCUT2D eigenvalue weighted by molar-refractivity contribution is 5.72. The fourth-order valence-electron chi connectivity index (χ4n) is 3.68. The van der Waals surface area contributed by atoms with Gasteiger partial charge < -0.3 is 14.6 Å². The van der Waals surface area contributed by atoms with Gasteiger partial charge in [0.1, 0.15) is 11.5 Å². The molecule has 1 aliphatic heterocycles. The van der Waals surface area contributed by atoms with E-state index in [1.807, 2.05) is 30.3 Å². The number of hydrogen-bond donors (Lipinski definition) is 1. The van der Waals surface area contributed by atoms with Gasteiger partial charge in [0.15, 0.2) is 0 Å². The second-order valence-electron chi connectivity index (χ2n) is 7.20. The summed E-state index contributed by atoms with van der Waals surface area (Å²) >= 11 is 0. The molecule has 0 fully saturated rings. The molecule has 1 heterocycles. The van der Waals surface area contributed by atoms with Gasteiger partial charge in [-0.05, 0) is 35.6 Å². The zero-order valence-corrected chi connectivity index (χ0v) is 16.1. The van der Waals surface area contributed by atoms with Crippen molar-refractivity contribution in [3.05, 3.63) is 59.2 Å². The number of para-hydroxylation sites is 1. The Balaban J connectivity index is 1.98. The fraction of sp³-hybridized carbons (Fsp3) is 0.435. The molecule has 0 spiro atoms. The van der Waals surface area contributed by atoms with Crippen molar-refractivity contribution >= 4 is 5.97 Å². The van der Waals surface area contributed by atoms with E-state index in [4.69, 9.17) is 9.47 Å². The first kappa shape index (κ1) is 19.3. The molecule has 2 unspecified atom stereocenters. The van der Waals surface area contributed by atoms with E-state index in [-0.39, 0.29) is 0 Å². The van der Waals surface area contributed by atoms with E-state index in [9.17, 15) is 9.90 Å². The average molecular weight is 368 g/mol. The van der Waals surface area contributed by atoms with Crippen molar-refractivity contribution in [2.75, 3.05) is 0 Å². The van der Waals surface area contributed by atoms with Gasteiger partial charge in [0, 0.05) is 12.0 Å². The number of ether oxygens (including phenoxy) is 2. The number of benzene rings is 2. The van der Waals surface area contributed by atoms with E-state index >= 15 is 0 Å². The summed E-state index contributed by atoms with van der Waals surface area (Å²) in [5, 5.41) is 9.51. The van der Waals surface area contributed by atoms with E-state index in [1.54, 1.807) is 6.07 Å². The van der Waals surface area contributed by atoms with Crippen molar-refractivity contribution in [3.8, 4) is 11.5 Å². The van der Waals surface area contributed by atoms with Gasteiger partial charge in [-0.3, -0.25) is 0 Å². The van der Waals surface area contributed by atoms with Crippen molar-refractivity contribution in [2.45, 2.75) is 58.7 Å². The Hall–Kier alpha value is -2.49. The highest BCUT2D eigenvalue weighted by Crippen LogP contribution is 2.34. The summed E-state index contributed by atoms with van der Waals surface area (Å²) in [7, 11) is 0. The molecule has 2 aromatic rings. The lowest BCUT2D eigenvalue weighted by Gasteiger charge is -2.26. The van der Waals surface area contributed by atoms with Crippen LogP contribution in [0.15, 0.2) is 42.5 Å². The van der Waals surface area contributed by atoms with Gasteiger partial charge in [0.25, 0.3) is 0 Å². The van der Waals surface area contributed by atoms with Gasteiger partial charge in [-0.15, -0.1) is 0 Å². The maximum atomic E-state index is 11.6. The lowest BCUT2D eigenvalue weighted by atomic mass is 9.88. The van der Waals surface area contributed by atoms with Crippen molar-refractivity contribution in [1.82, 2.24) is 0 Å². The number of carboxylic acid groups (broad SMARTS) is 1. The van der Waals surface area contributed by atoms with E-state index in [2.05, 4.69) is 19.9 Å². The molecule has 0 bridgehead atoms. The molecule has 1 N–H and O–H groups in total. The van der Waals surface area contributed by atoms with Crippen LogP contribution in [-0.2, 0) is 17.6 Å². The summed E-state index contributed by atoms with van der Waals surface area (Å²) in [6.07, 6.45) is 5.13. The van der Waals surface area contributed by atoms with Crippen LogP contribution in [0.3, 0.4) is 0 Å². The van der Waals surface area contributed by atoms with Crippen LogP contribution in [0.5, 0.6) is 11.5 Å². The molecular weight excluding hydrogens is 340 g/mol. The van der Waals surface area contributed by atoms with Crippen LogP contribution in [0.2, 0.25) is 0 Å². The minimum atomic E-state index is -1.34. The number of aliphatic carboxylic acids is 1. The summed E-state index contributed by atoms with van der Waals surface area (Å²) in [5.74, 6) is 0.684. The van der Waals surface area contributed by atoms with Crippen LogP contribution in [0.4, 0.5) is 0 Å². The Labute approximate surface area is 161 Å². The molecule has 3 rings (SSSR count). The maximum Gasteiger partial charge on any atom is 0.387 e. The smallest absolute Gasteiger partial charge is 0.387 e. The lowest BCUT2D eigenvalue weighted by molar-refractivity contribution is -0.158. The third-order valence-electron chi connectivity index (χ3n) is 5.29. The molecule has 4 nitrogen and oxygen atoms in total. The third-order valence-corrected chi connectivity index (χ3v) is 5.29. The Bertz CT molecular complexity index is 784. The molecule has 144 valence electrons. The Morgan fingerprint density at radius 3 is 2.59 bits per heavy atom. The number of carboxylic acids is 1. The quantitative estimate of drug-likeness (QED) is 0.728. The van der Waals surface area contributed by atoms with Crippen molar-refractivity contribution in [3.63, 3.8) is 0 Å². The summed E-state index contributed by atoms with van der Waals surface area (Å²) in [5.41, 5.74) is 3.31. The maximum absolute atomic E-state index is 11.6. The van der Waals surface area contributed by atoms with Gasteiger partial charge in [0.05, 0.1) is 0 Å². The van der Waals surface area contributed by atoms with Crippen LogP contribution in [0.1, 0.15) is 56.2 Å². The zero-order valence-electron chi connectivity index (χ0n) is 16.1. The molecule has 0 saturated carbocycles. The van der Waals surface area contributed by atoms with Crippen molar-refractivity contribution in [2.24, 2.45) is 5.92 Å². The van der Waals surface area contributed by atoms with Gasteiger partial charge in [-0.1, -0.05) is 69.9 Å². The van der Waals surface area contributed by atoms with Gasteiger partial charge in [-0.25, -0.2) is 4.79 Å². The number of fused-ring (bicyclic) bond motifs is 2. The number of carbonyl (C=O) groups is 1. The Kier molecular flexibility index (Phi) is 6.38. The second-order valence-corrected chi connectivity index (χ2v) is 7.20. The molecule has 0 saturated heterocycles. The van der Waals surface area contributed by atoms with Crippen molar-refractivity contribution < 1.29 is 19.4 Å². The normalized spacial score (nSPS) is 16.7. The Morgan fingerprint density at radius 1 is 1.11 bits per heavy atom. The molecule has 0 aliphatic carbocycles. The monoisotopic (exact) mass is 368 g/mol. The van der Waals surface area contributed by atoms with Gasteiger partial charge >= 0.3 is 12.3 Å². The number of unbranched alkanes of at least 4 members (excludes halogenated alkanes) is 1. The van der Waals surface area contributed by atoms with Crippen LogP contribution in [-0.4, -0.2) is 17.4 Å². The predicted molar refractivity (Wildman–Crippen MR) is 105 cm³/mol. The molecule has 0 radical (unpaired) electrons. The largest absolute Gasteiger partial charge is 0.476 e. The summed E-state index contributed by atoms with van der Waals surface area (Å²) in [6.45, 7) is 4.47. The number of hydrogen-bond acceptors (Lipinski definition) is 3. The van der Waals surface area contributed by atoms with Crippen LogP contribution in [0, 0.1) is 5.92 Å². The first-order valence-corrected chi connectivity index (χ1v) is 9.87. The molecule has 1 aliphatic rings. The first-order chi connectivity index (χ1) is 13.1. The predicted octanol–water partition coefficient (Wildman–Crippen LogP) is 5.22. The topological polar surface area (TPSA) is 55.8 Å². The van der Waals surface area contributed by atoms with E-state index in [0.29, 0.717) is 23.8 Å². The first-order valence-electron chi connectivity index (χ1n) is 9.87. The molecule has 27 heavy (non-hydrogen) atoms. The molecule has 2 aromatic carbocycles. The molecule has 0 amide bonds. The van der Waals surface area contributed by atoms with Crippen LogP contribution in [0.25, 0.3) is 0 Å². The molecular formula is C23H28O4. The second kappa shape index (κ2) is 8.94. The molecule has 4 heteroatoms. The van der Waals surface area contributed by atoms with Crippen molar-refractivity contribution in [1.29, 1.82) is 0 Å². The Morgan fingerprint density at radius 2 is 1.85 bits per heavy atom. The summed E-state index contributed by atoms with van der Waals surface area (Å²) in [4.78, 5) is 11.6. The minimum Gasteiger partial charge on any atom is -0.476 e. The molecule has 0 aromatic heterocycles. The fourth-order valence-corrected chi connectivity index (χ4v) is 3.68. The highest BCUT2D eigenvalue weighted by Gasteiger charge is 2.27. The zero-order chi connectivity index (χ0) is 19.2. The lowest BCUT2D eigenvalue weighted by Crippen LogP contribution is -2.34. The highest BCUT2D eigenvalue weighted by atomic mass is 16.7. The van der Waals surface area contributed by atoms with Gasteiger partial charge in [-0.2, -0.15) is 0 Å². The minimum absolute atomic E-state index is 0.573. The van der Waals surface area contributed by atoms with Gasteiger partial charge in [0.2, 0.25) is 0 Å². The average Bonchev–Trinajstić information content (AvgIpc) is 2.65. The standard InChI is InChI=1S/C23H28O4/c1-3-5-9-16(4-2)14-17-11-8-13-21-19(17)15-18-10-6-7-12-20(18)26-23(27-21)22(24)25/h6-8,10-13,16,23H,3-5,9,14-15H2,1-2H3,(H,24,25).